The van der Waals surface area contributed by atoms with Gasteiger partial charge < -0.3 is 20.4 Å². The van der Waals surface area contributed by atoms with Gasteiger partial charge in [0.2, 0.25) is 5.91 Å². The van der Waals surface area contributed by atoms with Crippen molar-refractivity contribution in [1.82, 2.24) is 20.4 Å². The minimum atomic E-state index is -0.103. The first kappa shape index (κ1) is 19.2. The third-order valence-corrected chi connectivity index (χ3v) is 5.27. The molecule has 0 radical (unpaired) electrons. The Morgan fingerprint density at radius 1 is 1.19 bits per heavy atom. The van der Waals surface area contributed by atoms with Crippen molar-refractivity contribution < 1.29 is 9.59 Å². The van der Waals surface area contributed by atoms with Crippen molar-refractivity contribution in [3.8, 4) is 0 Å². The Kier molecular flexibility index (Phi) is 6.32. The van der Waals surface area contributed by atoms with E-state index >= 15 is 0 Å². The van der Waals surface area contributed by atoms with Gasteiger partial charge in [-0.1, -0.05) is 19.1 Å². The zero-order valence-electron chi connectivity index (χ0n) is 16.2. The summed E-state index contributed by atoms with van der Waals surface area (Å²) in [5, 5.41) is 6.15. The predicted molar refractivity (Wildman–Crippen MR) is 106 cm³/mol. The average Bonchev–Trinajstić information content (AvgIpc) is 2.69. The van der Waals surface area contributed by atoms with Gasteiger partial charge in [-0.25, -0.2) is 0 Å². The lowest BCUT2D eigenvalue weighted by molar-refractivity contribution is -0.123. The van der Waals surface area contributed by atoms with Gasteiger partial charge in [-0.05, 0) is 36.5 Å². The fraction of sp³-hybridized carbons (Fsp3) is 0.550. The van der Waals surface area contributed by atoms with Crippen LogP contribution in [0.25, 0.3) is 0 Å². The van der Waals surface area contributed by atoms with Gasteiger partial charge in [0.15, 0.2) is 5.96 Å². The maximum atomic E-state index is 12.5. The molecule has 0 aromatic heterocycles. The lowest BCUT2D eigenvalue weighted by Gasteiger charge is -2.33. The van der Waals surface area contributed by atoms with Crippen LogP contribution in [0.2, 0.25) is 0 Å². The van der Waals surface area contributed by atoms with Gasteiger partial charge in [0.05, 0.1) is 6.54 Å². The average molecular weight is 371 g/mol. The van der Waals surface area contributed by atoms with Gasteiger partial charge in [-0.3, -0.25) is 14.6 Å². The first-order valence-corrected chi connectivity index (χ1v) is 9.67. The number of nitrogens with zero attached hydrogens (tertiary/aromatic N) is 3. The van der Waals surface area contributed by atoms with Crippen LogP contribution in [0.15, 0.2) is 29.3 Å². The molecule has 2 aliphatic rings. The molecule has 146 valence electrons. The number of amides is 2. The Balaban J connectivity index is 1.54. The number of hydrogen-bond donors (Lipinski definition) is 2. The molecule has 0 unspecified atom stereocenters. The van der Waals surface area contributed by atoms with E-state index in [1.54, 1.807) is 4.90 Å². The number of carbonyl (C=O) groups is 2. The van der Waals surface area contributed by atoms with Crippen molar-refractivity contribution in [3.05, 3.63) is 35.4 Å². The number of nitrogens with one attached hydrogen (secondary N) is 2. The quantitative estimate of drug-likeness (QED) is 0.615. The predicted octanol–water partition coefficient (Wildman–Crippen LogP) is 1.07. The maximum Gasteiger partial charge on any atom is 0.254 e. The Morgan fingerprint density at radius 2 is 1.89 bits per heavy atom. The molecule has 2 amide bonds. The summed E-state index contributed by atoms with van der Waals surface area (Å²) in [4.78, 5) is 32.3. The van der Waals surface area contributed by atoms with Crippen molar-refractivity contribution >= 4 is 17.8 Å². The summed E-state index contributed by atoms with van der Waals surface area (Å²) >= 11 is 0. The molecule has 0 bridgehead atoms. The largest absolute Gasteiger partial charge is 0.353 e. The zero-order chi connectivity index (χ0) is 19.2. The molecule has 0 aliphatic carbocycles. The SMILES string of the molecule is CN=C(NCc1ccc(C(=O)N2CCNC(=O)C2)cc1)N1CCC(C)CC1. The second-order valence-electron chi connectivity index (χ2n) is 7.34. The van der Waals surface area contributed by atoms with Gasteiger partial charge in [0.25, 0.3) is 5.91 Å². The fourth-order valence-corrected chi connectivity index (χ4v) is 3.49. The zero-order valence-corrected chi connectivity index (χ0v) is 16.2. The van der Waals surface area contributed by atoms with Crippen LogP contribution in [-0.2, 0) is 11.3 Å². The van der Waals surface area contributed by atoms with Crippen LogP contribution in [0.4, 0.5) is 0 Å². The van der Waals surface area contributed by atoms with E-state index in [-0.39, 0.29) is 18.4 Å². The molecule has 2 saturated heterocycles. The molecular formula is C20H29N5O2. The van der Waals surface area contributed by atoms with Gasteiger partial charge in [-0.2, -0.15) is 0 Å². The normalized spacial score (nSPS) is 19.0. The van der Waals surface area contributed by atoms with Gasteiger partial charge >= 0.3 is 0 Å². The Hall–Kier alpha value is -2.57. The van der Waals surface area contributed by atoms with Crippen LogP contribution < -0.4 is 10.6 Å². The van der Waals surface area contributed by atoms with Crippen LogP contribution in [0.1, 0.15) is 35.7 Å². The Morgan fingerprint density at radius 3 is 2.52 bits per heavy atom. The van der Waals surface area contributed by atoms with Gasteiger partial charge in [0, 0.05) is 45.3 Å². The molecule has 7 nitrogen and oxygen atoms in total. The molecule has 1 aromatic rings. The van der Waals surface area contributed by atoms with Crippen LogP contribution in [-0.4, -0.2) is 67.3 Å². The van der Waals surface area contributed by atoms with E-state index in [1.165, 1.54) is 12.8 Å². The molecule has 2 N–H and O–H groups in total. The number of rotatable bonds is 3. The van der Waals surface area contributed by atoms with E-state index in [0.717, 1.165) is 30.5 Å². The smallest absolute Gasteiger partial charge is 0.254 e. The van der Waals surface area contributed by atoms with Crippen molar-refractivity contribution in [2.24, 2.45) is 10.9 Å². The lowest BCUT2D eigenvalue weighted by Crippen LogP contribution is -2.49. The molecule has 0 saturated carbocycles. The lowest BCUT2D eigenvalue weighted by atomic mass is 9.99. The van der Waals surface area contributed by atoms with Crippen molar-refractivity contribution in [3.63, 3.8) is 0 Å². The molecular weight excluding hydrogens is 342 g/mol. The van der Waals surface area contributed by atoms with Crippen LogP contribution in [0.5, 0.6) is 0 Å². The second-order valence-corrected chi connectivity index (χ2v) is 7.34. The van der Waals surface area contributed by atoms with Crippen LogP contribution >= 0.6 is 0 Å². The summed E-state index contributed by atoms with van der Waals surface area (Å²) in [5.41, 5.74) is 1.71. The van der Waals surface area contributed by atoms with Crippen molar-refractivity contribution in [2.45, 2.75) is 26.3 Å². The summed E-state index contributed by atoms with van der Waals surface area (Å²) in [7, 11) is 1.82. The molecule has 0 spiro atoms. The number of benzene rings is 1. The first-order chi connectivity index (χ1) is 13.1. The molecule has 7 heteroatoms. The fourth-order valence-electron chi connectivity index (χ4n) is 3.49. The highest BCUT2D eigenvalue weighted by atomic mass is 16.2. The van der Waals surface area contributed by atoms with Crippen LogP contribution in [0, 0.1) is 5.92 Å². The minimum absolute atomic E-state index is 0.0948. The highest BCUT2D eigenvalue weighted by Gasteiger charge is 2.22. The summed E-state index contributed by atoms with van der Waals surface area (Å²) in [6.07, 6.45) is 2.40. The van der Waals surface area contributed by atoms with Gasteiger partial charge in [-0.15, -0.1) is 0 Å². The second kappa shape index (κ2) is 8.88. The molecule has 0 atom stereocenters. The number of hydrogen-bond acceptors (Lipinski definition) is 3. The van der Waals surface area contributed by atoms with Crippen molar-refractivity contribution in [2.75, 3.05) is 39.8 Å². The Bertz CT molecular complexity index is 693. The number of aliphatic imine (C=N–C) groups is 1. The topological polar surface area (TPSA) is 77.0 Å². The summed E-state index contributed by atoms with van der Waals surface area (Å²) in [6, 6.07) is 7.57. The molecule has 2 heterocycles. The van der Waals surface area contributed by atoms with Gasteiger partial charge in [0.1, 0.15) is 0 Å². The maximum absolute atomic E-state index is 12.5. The first-order valence-electron chi connectivity index (χ1n) is 9.67. The summed E-state index contributed by atoms with van der Waals surface area (Å²) in [6.45, 7) is 6.24. The number of piperidine rings is 1. The summed E-state index contributed by atoms with van der Waals surface area (Å²) in [5.74, 6) is 1.52. The molecule has 1 aromatic carbocycles. The number of guanidine groups is 1. The number of likely N-dealkylation sites (tertiary alicyclic amines) is 1. The number of carbonyl (C=O) groups excluding carboxylic acids is 2. The molecule has 2 fully saturated rings. The highest BCUT2D eigenvalue weighted by Crippen LogP contribution is 2.16. The molecule has 27 heavy (non-hydrogen) atoms. The standard InChI is InChI=1S/C20H29N5O2/c1-15-7-10-24(11-8-15)20(21-2)23-13-16-3-5-17(6-4-16)19(27)25-12-9-22-18(26)14-25/h3-6,15H,7-14H2,1-2H3,(H,21,23)(H,22,26). The molecule has 3 rings (SSSR count). The van der Waals surface area contributed by atoms with E-state index in [1.807, 2.05) is 31.3 Å². The van der Waals surface area contributed by atoms with E-state index in [2.05, 4.69) is 27.4 Å². The summed E-state index contributed by atoms with van der Waals surface area (Å²) < 4.78 is 0. The van der Waals surface area contributed by atoms with Crippen molar-refractivity contribution in [1.29, 1.82) is 0 Å². The molecule has 2 aliphatic heterocycles. The number of piperazine rings is 1. The van der Waals surface area contributed by atoms with E-state index in [9.17, 15) is 9.59 Å². The van der Waals surface area contributed by atoms with E-state index < -0.39 is 0 Å². The van der Waals surface area contributed by atoms with Crippen LogP contribution in [0.3, 0.4) is 0 Å². The van der Waals surface area contributed by atoms with E-state index in [0.29, 0.717) is 25.2 Å². The third-order valence-electron chi connectivity index (χ3n) is 5.27. The highest BCUT2D eigenvalue weighted by molar-refractivity contribution is 5.97. The minimum Gasteiger partial charge on any atom is -0.353 e. The Labute approximate surface area is 160 Å². The van der Waals surface area contributed by atoms with E-state index in [4.69, 9.17) is 0 Å². The monoisotopic (exact) mass is 371 g/mol. The third kappa shape index (κ3) is 4.99.